The van der Waals surface area contributed by atoms with Gasteiger partial charge < -0.3 is 9.90 Å². The van der Waals surface area contributed by atoms with Gasteiger partial charge in [0.05, 0.1) is 11.1 Å². The second-order valence-electron chi connectivity index (χ2n) is 6.68. The molecule has 2 aromatic carbocycles. The number of nitrogens with zero attached hydrogens (tertiary/aromatic N) is 3. The molecule has 5 heteroatoms. The average molecular weight is 351 g/mol. The van der Waals surface area contributed by atoms with Gasteiger partial charge in [-0.2, -0.15) is 9.68 Å². The zero-order valence-corrected chi connectivity index (χ0v) is 15.9. The highest BCUT2D eigenvalue weighted by Gasteiger charge is 2.43. The number of carbonyl (C=O) groups excluding carboxylic acids is 1. The maximum absolute atomic E-state index is 8.89. The largest absolute Gasteiger partial charge is 0.550 e. The smallest absolute Gasteiger partial charge is 0.212 e. The first-order chi connectivity index (χ1) is 12.2. The summed E-state index contributed by atoms with van der Waals surface area (Å²) in [6, 6.07) is 18.7. The first-order valence-corrected chi connectivity index (χ1v) is 8.46. The van der Waals surface area contributed by atoms with Crippen molar-refractivity contribution in [3.63, 3.8) is 0 Å². The normalized spacial score (nSPS) is 14.7. The second-order valence-corrected chi connectivity index (χ2v) is 6.68. The predicted octanol–water partition coefficient (Wildman–Crippen LogP) is 2.57. The van der Waals surface area contributed by atoms with Crippen molar-refractivity contribution in [1.82, 2.24) is 0 Å². The van der Waals surface area contributed by atoms with Crippen LogP contribution in [0.15, 0.2) is 59.7 Å². The maximum atomic E-state index is 8.89. The van der Waals surface area contributed by atoms with Gasteiger partial charge >= 0.3 is 0 Å². The van der Waals surface area contributed by atoms with E-state index in [9.17, 15) is 0 Å². The Hall–Kier alpha value is -2.95. The van der Waals surface area contributed by atoms with Crippen molar-refractivity contribution >= 4 is 29.3 Å². The molecule has 0 aromatic heterocycles. The van der Waals surface area contributed by atoms with E-state index in [0.717, 1.165) is 12.6 Å². The van der Waals surface area contributed by atoms with Gasteiger partial charge in [-0.05, 0) is 32.9 Å². The van der Waals surface area contributed by atoms with Crippen molar-refractivity contribution in [3.8, 4) is 0 Å². The summed E-state index contributed by atoms with van der Waals surface area (Å²) in [5.74, 6) is -1.08. The molecule has 0 bridgehead atoms. The highest BCUT2D eigenvalue weighted by molar-refractivity contribution is 6.33. The van der Waals surface area contributed by atoms with E-state index in [2.05, 4.69) is 67.0 Å². The summed E-state index contributed by atoms with van der Waals surface area (Å²) in [7, 11) is 4.08. The van der Waals surface area contributed by atoms with Gasteiger partial charge in [0.25, 0.3) is 0 Å². The van der Waals surface area contributed by atoms with Gasteiger partial charge in [0.2, 0.25) is 11.4 Å². The van der Waals surface area contributed by atoms with Crippen molar-refractivity contribution in [2.24, 2.45) is 5.10 Å². The number of rotatable bonds is 3. The van der Waals surface area contributed by atoms with Crippen LogP contribution in [0.2, 0.25) is 0 Å². The quantitative estimate of drug-likeness (QED) is 0.485. The number of hydrazone groups is 1. The molecule has 0 atom stereocenters. The number of benzene rings is 2. The summed E-state index contributed by atoms with van der Waals surface area (Å²) in [4.78, 5) is 8.89. The average Bonchev–Trinajstić information content (AvgIpc) is 2.80. The van der Waals surface area contributed by atoms with Crippen LogP contribution < -0.4 is 10.1 Å². The van der Waals surface area contributed by atoms with E-state index < -0.39 is 5.97 Å². The number of hydrogen-bond acceptors (Lipinski definition) is 4. The van der Waals surface area contributed by atoms with Crippen molar-refractivity contribution < 1.29 is 14.5 Å². The van der Waals surface area contributed by atoms with Crippen LogP contribution in [0, 0.1) is 0 Å². The monoisotopic (exact) mass is 351 g/mol. The molecular formula is C21H25N3O2. The van der Waals surface area contributed by atoms with Crippen LogP contribution in [0.1, 0.15) is 26.3 Å². The fourth-order valence-electron chi connectivity index (χ4n) is 3.08. The number of carbonyl (C=O) groups is 1. The summed E-state index contributed by atoms with van der Waals surface area (Å²) in [6.45, 7) is 5.47. The molecule has 0 saturated carbocycles. The molecule has 0 radical (unpaired) electrons. The predicted molar refractivity (Wildman–Crippen MR) is 104 cm³/mol. The fraction of sp³-hybridized carbons (Fsp3) is 0.286. The van der Waals surface area contributed by atoms with Crippen LogP contribution >= 0.6 is 0 Å². The van der Waals surface area contributed by atoms with Crippen LogP contribution in [0.4, 0.5) is 11.4 Å². The number of anilines is 1. The summed E-state index contributed by atoms with van der Waals surface area (Å²) >= 11 is 0. The number of fused-ring (bicyclic) bond motifs is 1. The molecule has 0 aliphatic carbocycles. The molecule has 0 N–H and O–H groups in total. The molecule has 1 aliphatic heterocycles. The van der Waals surface area contributed by atoms with Gasteiger partial charge in [0.15, 0.2) is 0 Å². The van der Waals surface area contributed by atoms with Gasteiger partial charge in [0.1, 0.15) is 13.3 Å². The van der Waals surface area contributed by atoms with Gasteiger partial charge in [-0.3, -0.25) is 5.01 Å². The van der Waals surface area contributed by atoms with E-state index >= 15 is 0 Å². The van der Waals surface area contributed by atoms with E-state index in [1.165, 1.54) is 17.0 Å². The molecule has 0 fully saturated rings. The van der Waals surface area contributed by atoms with Crippen molar-refractivity contribution in [1.29, 1.82) is 0 Å². The SMILES string of the molecule is CC(=O)[O-].CN(/N=C/C1=[N+](C)c2ccccc2C1(C)C)c1ccccc1. The molecule has 136 valence electrons. The topological polar surface area (TPSA) is 58.7 Å². The summed E-state index contributed by atoms with van der Waals surface area (Å²) in [5, 5.41) is 15.4. The molecular weight excluding hydrogens is 326 g/mol. The summed E-state index contributed by atoms with van der Waals surface area (Å²) < 4.78 is 2.23. The Morgan fingerprint density at radius 2 is 1.65 bits per heavy atom. The number of para-hydroxylation sites is 2. The first-order valence-electron chi connectivity index (χ1n) is 8.46. The Balaban J connectivity index is 0.000000552. The molecule has 3 rings (SSSR count). The zero-order valence-electron chi connectivity index (χ0n) is 15.9. The van der Waals surface area contributed by atoms with E-state index in [4.69, 9.17) is 9.90 Å². The molecule has 2 aromatic rings. The van der Waals surface area contributed by atoms with Crippen molar-refractivity contribution in [3.05, 3.63) is 60.2 Å². The maximum Gasteiger partial charge on any atom is 0.212 e. The third-order valence-corrected chi connectivity index (χ3v) is 4.42. The van der Waals surface area contributed by atoms with Crippen LogP contribution in [0.25, 0.3) is 0 Å². The lowest BCUT2D eigenvalue weighted by atomic mass is 9.82. The molecule has 0 amide bonds. The molecule has 26 heavy (non-hydrogen) atoms. The first kappa shape index (κ1) is 19.4. The van der Waals surface area contributed by atoms with E-state index in [1.54, 1.807) is 0 Å². The van der Waals surface area contributed by atoms with Gasteiger partial charge in [-0.25, -0.2) is 0 Å². The fourth-order valence-corrected chi connectivity index (χ4v) is 3.08. The Kier molecular flexibility index (Phi) is 5.93. The molecule has 0 spiro atoms. The lowest BCUT2D eigenvalue weighted by molar-refractivity contribution is -0.400. The van der Waals surface area contributed by atoms with E-state index in [1.807, 2.05) is 36.5 Å². The van der Waals surface area contributed by atoms with E-state index in [0.29, 0.717) is 0 Å². The molecule has 1 heterocycles. The minimum absolute atomic E-state index is 0.0353. The minimum atomic E-state index is -1.08. The van der Waals surface area contributed by atoms with Gasteiger partial charge in [-0.1, -0.05) is 36.4 Å². The number of carboxylic acids is 1. The zero-order chi connectivity index (χ0) is 19.3. The Morgan fingerprint density at radius 1 is 1.12 bits per heavy atom. The number of hydrogen-bond donors (Lipinski definition) is 0. The molecule has 5 nitrogen and oxygen atoms in total. The third kappa shape index (κ3) is 4.17. The third-order valence-electron chi connectivity index (χ3n) is 4.42. The Labute approximate surface area is 154 Å². The van der Waals surface area contributed by atoms with Gasteiger partial charge in [-0.15, -0.1) is 0 Å². The molecule has 0 saturated heterocycles. The summed E-state index contributed by atoms with van der Waals surface area (Å²) in [5.41, 5.74) is 4.86. The van der Waals surface area contributed by atoms with Crippen LogP contribution in [0.5, 0.6) is 0 Å². The Morgan fingerprint density at radius 3 is 2.23 bits per heavy atom. The highest BCUT2D eigenvalue weighted by atomic mass is 16.4. The lowest BCUT2D eigenvalue weighted by Gasteiger charge is -2.16. The lowest BCUT2D eigenvalue weighted by Crippen LogP contribution is -2.30. The minimum Gasteiger partial charge on any atom is -0.550 e. The van der Waals surface area contributed by atoms with E-state index in [-0.39, 0.29) is 5.41 Å². The van der Waals surface area contributed by atoms with Crippen molar-refractivity contribution in [2.45, 2.75) is 26.2 Å². The highest BCUT2D eigenvalue weighted by Crippen LogP contribution is 2.38. The van der Waals surface area contributed by atoms with Gasteiger partial charge in [0, 0.05) is 24.6 Å². The molecule has 1 aliphatic rings. The summed E-state index contributed by atoms with van der Waals surface area (Å²) in [6.07, 6.45) is 1.98. The second kappa shape index (κ2) is 7.95. The van der Waals surface area contributed by atoms with Crippen LogP contribution in [-0.2, 0) is 10.2 Å². The Bertz CT molecular complexity index is 835. The number of aliphatic carboxylic acids is 1. The standard InChI is InChI=1S/C19H22N3.C2H4O2/c1-19(2)16-12-8-9-13-17(16)21(3)18(19)14-20-22(4)15-10-6-5-7-11-15;1-2(3)4/h5-14H,1-4H3;1H3,(H,3,4)/q+1;/p-1. The number of carboxylic acid groups (broad SMARTS) is 1. The van der Waals surface area contributed by atoms with Crippen LogP contribution in [0.3, 0.4) is 0 Å². The molecule has 0 unspecified atom stereocenters. The van der Waals surface area contributed by atoms with Crippen molar-refractivity contribution in [2.75, 3.05) is 19.1 Å². The van der Waals surface area contributed by atoms with Crippen LogP contribution in [-0.4, -0.2) is 36.6 Å².